The molecule has 0 fully saturated rings. The zero-order valence-electron chi connectivity index (χ0n) is 15.4. The molecule has 0 aromatic heterocycles. The maximum absolute atomic E-state index is 12.8. The highest BCUT2D eigenvalue weighted by Gasteiger charge is 2.17. The van der Waals surface area contributed by atoms with E-state index in [1.54, 1.807) is 29.2 Å². The van der Waals surface area contributed by atoms with Gasteiger partial charge < -0.3 is 10.2 Å². The molecule has 132 valence electrons. The maximum atomic E-state index is 12.8. The van der Waals surface area contributed by atoms with Gasteiger partial charge in [-0.3, -0.25) is 9.59 Å². The Morgan fingerprint density at radius 2 is 1.68 bits per heavy atom. The molecule has 0 spiro atoms. The first-order chi connectivity index (χ1) is 12.0. The van der Waals surface area contributed by atoms with Crippen molar-refractivity contribution in [3.63, 3.8) is 0 Å². The van der Waals surface area contributed by atoms with Gasteiger partial charge in [0.15, 0.2) is 0 Å². The smallest absolute Gasteiger partial charge is 0.258 e. The number of aryl methyl sites for hydroxylation is 1. The molecule has 1 unspecified atom stereocenters. The third-order valence-electron chi connectivity index (χ3n) is 4.26. The van der Waals surface area contributed by atoms with Gasteiger partial charge in [-0.2, -0.15) is 0 Å². The Labute approximate surface area is 149 Å². The molecule has 2 amide bonds. The van der Waals surface area contributed by atoms with Crippen LogP contribution in [0.4, 0.5) is 5.69 Å². The van der Waals surface area contributed by atoms with Gasteiger partial charge in [-0.05, 0) is 69.2 Å². The number of nitrogens with one attached hydrogen (secondary N) is 1. The van der Waals surface area contributed by atoms with Gasteiger partial charge in [0.2, 0.25) is 0 Å². The van der Waals surface area contributed by atoms with Crippen molar-refractivity contribution >= 4 is 17.5 Å². The van der Waals surface area contributed by atoms with Gasteiger partial charge in [-0.25, -0.2) is 0 Å². The first-order valence-corrected chi connectivity index (χ1v) is 8.75. The minimum atomic E-state index is -0.112. The highest BCUT2D eigenvalue weighted by atomic mass is 16.2. The Kier molecular flexibility index (Phi) is 6.34. The molecule has 1 atom stereocenters. The number of hydrogen-bond donors (Lipinski definition) is 1. The predicted molar refractivity (Wildman–Crippen MR) is 102 cm³/mol. The molecular weight excluding hydrogens is 312 g/mol. The molecule has 4 heteroatoms. The van der Waals surface area contributed by atoms with E-state index in [4.69, 9.17) is 0 Å². The van der Waals surface area contributed by atoms with E-state index in [-0.39, 0.29) is 17.9 Å². The average Bonchev–Trinajstić information content (AvgIpc) is 2.62. The van der Waals surface area contributed by atoms with E-state index < -0.39 is 0 Å². The van der Waals surface area contributed by atoms with E-state index in [0.29, 0.717) is 17.7 Å². The van der Waals surface area contributed by atoms with Crippen LogP contribution in [0.2, 0.25) is 0 Å². The van der Waals surface area contributed by atoms with Crippen LogP contribution in [0.3, 0.4) is 0 Å². The Bertz CT molecular complexity index is 738. The van der Waals surface area contributed by atoms with E-state index in [9.17, 15) is 9.59 Å². The number of rotatable bonds is 6. The molecule has 0 radical (unpaired) electrons. The zero-order valence-corrected chi connectivity index (χ0v) is 15.4. The van der Waals surface area contributed by atoms with Crippen molar-refractivity contribution in [2.75, 3.05) is 11.4 Å². The normalized spacial score (nSPS) is 11.7. The molecular formula is C21H26N2O2. The third kappa shape index (κ3) is 4.69. The van der Waals surface area contributed by atoms with E-state index in [1.807, 2.05) is 52.0 Å². The lowest BCUT2D eigenvalue weighted by molar-refractivity contribution is 0.0936. The summed E-state index contributed by atoms with van der Waals surface area (Å²) < 4.78 is 0. The van der Waals surface area contributed by atoms with Crippen LogP contribution in [0.5, 0.6) is 0 Å². The third-order valence-corrected chi connectivity index (χ3v) is 4.26. The van der Waals surface area contributed by atoms with Crippen LogP contribution in [0.15, 0.2) is 48.5 Å². The lowest BCUT2D eigenvalue weighted by Crippen LogP contribution is -2.32. The maximum Gasteiger partial charge on any atom is 0.258 e. The standard InChI is InChI=1S/C21H26N2O2/c1-5-16(4)22-20(24)17-10-12-18(13-11-17)21(25)23(6-2)19-9-7-8-15(3)14-19/h7-14,16H,5-6H2,1-4H3,(H,22,24). The van der Waals surface area contributed by atoms with Gasteiger partial charge in [0, 0.05) is 29.4 Å². The molecule has 2 rings (SSSR count). The number of hydrogen-bond acceptors (Lipinski definition) is 2. The molecule has 4 nitrogen and oxygen atoms in total. The molecule has 0 saturated heterocycles. The minimum Gasteiger partial charge on any atom is -0.350 e. The van der Waals surface area contributed by atoms with Crippen LogP contribution in [0.25, 0.3) is 0 Å². The Balaban J connectivity index is 2.17. The van der Waals surface area contributed by atoms with E-state index in [0.717, 1.165) is 17.7 Å². The monoisotopic (exact) mass is 338 g/mol. The van der Waals surface area contributed by atoms with Crippen LogP contribution < -0.4 is 10.2 Å². The van der Waals surface area contributed by atoms with Crippen molar-refractivity contribution in [1.29, 1.82) is 0 Å². The quantitative estimate of drug-likeness (QED) is 0.858. The van der Waals surface area contributed by atoms with Crippen molar-refractivity contribution in [3.05, 3.63) is 65.2 Å². The molecule has 0 bridgehead atoms. The molecule has 0 aliphatic carbocycles. The fraction of sp³-hybridized carbons (Fsp3) is 0.333. The highest BCUT2D eigenvalue weighted by Crippen LogP contribution is 2.19. The topological polar surface area (TPSA) is 49.4 Å². The molecule has 0 aliphatic heterocycles. The zero-order chi connectivity index (χ0) is 18.4. The van der Waals surface area contributed by atoms with Gasteiger partial charge in [-0.1, -0.05) is 19.1 Å². The minimum absolute atomic E-state index is 0.0676. The van der Waals surface area contributed by atoms with Crippen LogP contribution in [0, 0.1) is 6.92 Å². The lowest BCUT2D eigenvalue weighted by atomic mass is 10.1. The number of nitrogens with zero attached hydrogens (tertiary/aromatic N) is 1. The summed E-state index contributed by atoms with van der Waals surface area (Å²) in [5, 5.41) is 2.93. The number of carbonyl (C=O) groups is 2. The summed E-state index contributed by atoms with van der Waals surface area (Å²) >= 11 is 0. The largest absolute Gasteiger partial charge is 0.350 e. The van der Waals surface area contributed by atoms with Crippen LogP contribution in [-0.4, -0.2) is 24.4 Å². The van der Waals surface area contributed by atoms with E-state index >= 15 is 0 Å². The molecule has 0 heterocycles. The second-order valence-corrected chi connectivity index (χ2v) is 6.25. The van der Waals surface area contributed by atoms with Gasteiger partial charge >= 0.3 is 0 Å². The Morgan fingerprint density at radius 3 is 2.24 bits per heavy atom. The average molecular weight is 338 g/mol. The van der Waals surface area contributed by atoms with Gasteiger partial charge in [0.25, 0.3) is 11.8 Å². The molecule has 0 saturated carbocycles. The van der Waals surface area contributed by atoms with Crippen molar-refractivity contribution in [3.8, 4) is 0 Å². The lowest BCUT2D eigenvalue weighted by Gasteiger charge is -2.21. The number of anilines is 1. The van der Waals surface area contributed by atoms with Gasteiger partial charge in [-0.15, -0.1) is 0 Å². The van der Waals surface area contributed by atoms with Crippen molar-refractivity contribution < 1.29 is 9.59 Å². The molecule has 2 aromatic carbocycles. The predicted octanol–water partition coefficient (Wildman–Crippen LogP) is 4.19. The molecule has 1 N–H and O–H groups in total. The van der Waals surface area contributed by atoms with Crippen molar-refractivity contribution in [1.82, 2.24) is 5.32 Å². The van der Waals surface area contributed by atoms with Crippen molar-refractivity contribution in [2.45, 2.75) is 40.2 Å². The first-order valence-electron chi connectivity index (χ1n) is 8.75. The molecule has 25 heavy (non-hydrogen) atoms. The number of amides is 2. The summed E-state index contributed by atoms with van der Waals surface area (Å²) in [5.41, 5.74) is 3.13. The summed E-state index contributed by atoms with van der Waals surface area (Å²) in [6, 6.07) is 14.8. The van der Waals surface area contributed by atoms with Crippen molar-refractivity contribution in [2.24, 2.45) is 0 Å². The fourth-order valence-corrected chi connectivity index (χ4v) is 2.57. The summed E-state index contributed by atoms with van der Waals surface area (Å²) in [6.07, 6.45) is 0.879. The van der Waals surface area contributed by atoms with E-state index in [2.05, 4.69) is 5.32 Å². The summed E-state index contributed by atoms with van der Waals surface area (Å²) in [5.74, 6) is -0.179. The van der Waals surface area contributed by atoms with Gasteiger partial charge in [0.05, 0.1) is 0 Å². The highest BCUT2D eigenvalue weighted by molar-refractivity contribution is 6.06. The fourth-order valence-electron chi connectivity index (χ4n) is 2.57. The Morgan fingerprint density at radius 1 is 1.04 bits per heavy atom. The van der Waals surface area contributed by atoms with Gasteiger partial charge in [0.1, 0.15) is 0 Å². The summed E-state index contributed by atoms with van der Waals surface area (Å²) in [4.78, 5) is 26.7. The molecule has 2 aromatic rings. The second-order valence-electron chi connectivity index (χ2n) is 6.25. The number of benzene rings is 2. The molecule has 0 aliphatic rings. The van der Waals surface area contributed by atoms with Crippen LogP contribution in [0.1, 0.15) is 53.5 Å². The van der Waals surface area contributed by atoms with Crippen LogP contribution in [-0.2, 0) is 0 Å². The summed E-state index contributed by atoms with van der Waals surface area (Å²) in [7, 11) is 0. The summed E-state index contributed by atoms with van der Waals surface area (Å²) in [6.45, 7) is 8.54. The second kappa shape index (κ2) is 8.47. The van der Waals surface area contributed by atoms with Crippen LogP contribution >= 0.6 is 0 Å². The SMILES string of the molecule is CCC(C)NC(=O)c1ccc(C(=O)N(CC)c2cccc(C)c2)cc1. The van der Waals surface area contributed by atoms with E-state index in [1.165, 1.54) is 0 Å². The Hall–Kier alpha value is -2.62. The number of carbonyl (C=O) groups excluding carboxylic acids is 2. The first kappa shape index (κ1) is 18.7.